The number of halogens is 2. The molecule has 0 aromatic carbocycles. The van der Waals surface area contributed by atoms with Gasteiger partial charge in [-0.05, 0) is 13.8 Å². The van der Waals surface area contributed by atoms with Crippen LogP contribution in [0.1, 0.15) is 13.8 Å². The molecule has 1 nitrogen and oxygen atoms in total. The zero-order valence-corrected chi connectivity index (χ0v) is 7.24. The zero-order chi connectivity index (χ0) is 7.28. The third kappa shape index (κ3) is 6.42. The molecule has 0 bridgehead atoms. The third-order valence-corrected chi connectivity index (χ3v) is 1.39. The fraction of sp³-hybridized carbons (Fsp3) is 1.00. The van der Waals surface area contributed by atoms with Crippen molar-refractivity contribution in [1.29, 1.82) is 0 Å². The van der Waals surface area contributed by atoms with E-state index in [1.807, 2.05) is 13.8 Å². The molecule has 0 aromatic heterocycles. The molecule has 2 unspecified atom stereocenters. The van der Waals surface area contributed by atoms with Gasteiger partial charge < -0.3 is 4.74 Å². The average Bonchev–Trinajstić information content (AvgIpc) is 1.83. The topological polar surface area (TPSA) is 9.23 Å². The van der Waals surface area contributed by atoms with Crippen LogP contribution < -0.4 is 0 Å². The second kappa shape index (κ2) is 5.33. The molecule has 2 atom stereocenters. The first kappa shape index (κ1) is 9.54. The van der Waals surface area contributed by atoms with E-state index in [4.69, 9.17) is 27.9 Å². The van der Waals surface area contributed by atoms with Crippen LogP contribution in [0.4, 0.5) is 0 Å². The predicted octanol–water partition coefficient (Wildman–Crippen LogP) is 2.26. The lowest BCUT2D eigenvalue weighted by Crippen LogP contribution is -2.14. The van der Waals surface area contributed by atoms with E-state index in [1.54, 1.807) is 0 Å². The Bertz CT molecular complexity index is 66.1. The predicted molar refractivity (Wildman–Crippen MR) is 41.4 cm³/mol. The van der Waals surface area contributed by atoms with E-state index in [9.17, 15) is 0 Å². The van der Waals surface area contributed by atoms with E-state index < -0.39 is 0 Å². The second-order valence-corrected chi connectivity index (χ2v) is 3.13. The Hall–Kier alpha value is 0.540. The SMILES string of the molecule is CC(Cl)COC(C)CCl. The van der Waals surface area contributed by atoms with Crippen molar-refractivity contribution in [3.05, 3.63) is 0 Å². The van der Waals surface area contributed by atoms with Gasteiger partial charge in [0.2, 0.25) is 0 Å². The molecular weight excluding hydrogens is 159 g/mol. The second-order valence-electron chi connectivity index (χ2n) is 2.08. The van der Waals surface area contributed by atoms with Crippen LogP contribution in [0.2, 0.25) is 0 Å². The quantitative estimate of drug-likeness (QED) is 0.589. The molecule has 0 saturated carbocycles. The molecule has 0 aromatic rings. The summed E-state index contributed by atoms with van der Waals surface area (Å²) in [6.07, 6.45) is 0.118. The Balaban J connectivity index is 3.06. The van der Waals surface area contributed by atoms with Gasteiger partial charge in [0.15, 0.2) is 0 Å². The van der Waals surface area contributed by atoms with Gasteiger partial charge in [-0.15, -0.1) is 23.2 Å². The van der Waals surface area contributed by atoms with Crippen molar-refractivity contribution < 1.29 is 4.74 Å². The molecular formula is C6H12Cl2O. The van der Waals surface area contributed by atoms with Gasteiger partial charge in [0.1, 0.15) is 0 Å². The lowest BCUT2D eigenvalue weighted by molar-refractivity contribution is 0.0833. The summed E-state index contributed by atoms with van der Waals surface area (Å²) >= 11 is 11.1. The number of hydrogen-bond acceptors (Lipinski definition) is 1. The number of ether oxygens (including phenoxy) is 1. The molecule has 0 fully saturated rings. The maximum absolute atomic E-state index is 5.61. The van der Waals surface area contributed by atoms with Crippen LogP contribution in [0.5, 0.6) is 0 Å². The summed E-state index contributed by atoms with van der Waals surface area (Å²) in [6, 6.07) is 0. The lowest BCUT2D eigenvalue weighted by Gasteiger charge is -2.09. The lowest BCUT2D eigenvalue weighted by atomic mass is 10.4. The van der Waals surface area contributed by atoms with Crippen molar-refractivity contribution in [1.82, 2.24) is 0 Å². The van der Waals surface area contributed by atoms with E-state index >= 15 is 0 Å². The molecule has 9 heavy (non-hydrogen) atoms. The van der Waals surface area contributed by atoms with E-state index in [0.717, 1.165) is 0 Å². The van der Waals surface area contributed by atoms with Gasteiger partial charge >= 0.3 is 0 Å². The number of hydrogen-bond donors (Lipinski definition) is 0. The summed E-state index contributed by atoms with van der Waals surface area (Å²) in [5.41, 5.74) is 0. The highest BCUT2D eigenvalue weighted by molar-refractivity contribution is 6.20. The Kier molecular flexibility index (Phi) is 5.65. The fourth-order valence-corrected chi connectivity index (χ4v) is 0.503. The largest absolute Gasteiger partial charge is 0.376 e. The standard InChI is InChI=1S/C6H12Cl2O/c1-5(8)4-9-6(2)3-7/h5-6H,3-4H2,1-2H3. The zero-order valence-electron chi connectivity index (χ0n) is 5.73. The highest BCUT2D eigenvalue weighted by atomic mass is 35.5. The highest BCUT2D eigenvalue weighted by Crippen LogP contribution is 1.99. The summed E-state index contributed by atoms with van der Waals surface area (Å²) in [6.45, 7) is 4.39. The van der Waals surface area contributed by atoms with Crippen LogP contribution in [0.25, 0.3) is 0 Å². The molecule has 0 radical (unpaired) electrons. The van der Waals surface area contributed by atoms with Crippen LogP contribution in [-0.4, -0.2) is 24.0 Å². The first-order chi connectivity index (χ1) is 4.16. The van der Waals surface area contributed by atoms with E-state index in [2.05, 4.69) is 0 Å². The summed E-state index contributed by atoms with van der Waals surface area (Å²) in [5.74, 6) is 0.531. The smallest absolute Gasteiger partial charge is 0.0682 e. The molecule has 0 saturated heterocycles. The van der Waals surface area contributed by atoms with Gasteiger partial charge in [0, 0.05) is 5.88 Å². The van der Waals surface area contributed by atoms with E-state index in [-0.39, 0.29) is 11.5 Å². The van der Waals surface area contributed by atoms with Gasteiger partial charge in [-0.3, -0.25) is 0 Å². The molecule has 3 heteroatoms. The minimum absolute atomic E-state index is 0.0793. The van der Waals surface area contributed by atoms with Gasteiger partial charge in [-0.25, -0.2) is 0 Å². The third-order valence-electron chi connectivity index (χ3n) is 0.828. The van der Waals surface area contributed by atoms with Gasteiger partial charge in [-0.1, -0.05) is 0 Å². The first-order valence-electron chi connectivity index (χ1n) is 2.98. The highest BCUT2D eigenvalue weighted by Gasteiger charge is 2.01. The molecule has 0 aliphatic carbocycles. The van der Waals surface area contributed by atoms with Crippen LogP contribution in [0.3, 0.4) is 0 Å². The van der Waals surface area contributed by atoms with Gasteiger partial charge in [0.05, 0.1) is 18.1 Å². The normalized spacial score (nSPS) is 17.3. The summed E-state index contributed by atoms with van der Waals surface area (Å²) in [5, 5.41) is 0.0793. The number of alkyl halides is 2. The molecule has 0 aliphatic heterocycles. The number of rotatable bonds is 4. The molecule has 0 spiro atoms. The summed E-state index contributed by atoms with van der Waals surface area (Å²) < 4.78 is 5.19. The molecule has 0 heterocycles. The van der Waals surface area contributed by atoms with Crippen molar-refractivity contribution >= 4 is 23.2 Å². The summed E-state index contributed by atoms with van der Waals surface area (Å²) in [4.78, 5) is 0. The maximum atomic E-state index is 5.61. The Labute approximate surface area is 66.3 Å². The van der Waals surface area contributed by atoms with Crippen LogP contribution in [0, 0.1) is 0 Å². The first-order valence-corrected chi connectivity index (χ1v) is 3.95. The average molecular weight is 171 g/mol. The van der Waals surface area contributed by atoms with Crippen molar-refractivity contribution in [2.24, 2.45) is 0 Å². The van der Waals surface area contributed by atoms with E-state index in [0.29, 0.717) is 12.5 Å². The molecule has 0 rings (SSSR count). The molecule has 0 amide bonds. The minimum atomic E-state index is 0.0793. The van der Waals surface area contributed by atoms with E-state index in [1.165, 1.54) is 0 Å². The maximum Gasteiger partial charge on any atom is 0.0682 e. The van der Waals surface area contributed by atoms with Crippen LogP contribution in [0.15, 0.2) is 0 Å². The Morgan fingerprint density at radius 2 is 2.00 bits per heavy atom. The Morgan fingerprint density at radius 3 is 2.33 bits per heavy atom. The molecule has 0 N–H and O–H groups in total. The van der Waals surface area contributed by atoms with Crippen molar-refractivity contribution in [2.75, 3.05) is 12.5 Å². The van der Waals surface area contributed by atoms with Gasteiger partial charge in [0.25, 0.3) is 0 Å². The van der Waals surface area contributed by atoms with Crippen molar-refractivity contribution in [2.45, 2.75) is 25.3 Å². The van der Waals surface area contributed by atoms with Crippen LogP contribution in [-0.2, 0) is 4.74 Å². The minimum Gasteiger partial charge on any atom is -0.376 e. The summed E-state index contributed by atoms with van der Waals surface area (Å²) in [7, 11) is 0. The fourth-order valence-electron chi connectivity index (χ4n) is 0.341. The van der Waals surface area contributed by atoms with Crippen molar-refractivity contribution in [3.63, 3.8) is 0 Å². The monoisotopic (exact) mass is 170 g/mol. The molecule has 56 valence electrons. The van der Waals surface area contributed by atoms with Crippen LogP contribution >= 0.6 is 23.2 Å². The Morgan fingerprint density at radius 1 is 1.44 bits per heavy atom. The van der Waals surface area contributed by atoms with Crippen molar-refractivity contribution in [3.8, 4) is 0 Å². The van der Waals surface area contributed by atoms with Gasteiger partial charge in [-0.2, -0.15) is 0 Å². The molecule has 0 aliphatic rings.